The zero-order valence-electron chi connectivity index (χ0n) is 13.7. The number of fused-ring (bicyclic) bond motifs is 1. The number of urea groups is 1. The lowest BCUT2D eigenvalue weighted by Gasteiger charge is -2.10. The Morgan fingerprint density at radius 2 is 1.83 bits per heavy atom. The number of nitrogens with one attached hydrogen (secondary N) is 2. The van der Waals surface area contributed by atoms with Crippen LogP contribution in [-0.2, 0) is 0 Å². The van der Waals surface area contributed by atoms with E-state index in [4.69, 9.17) is 14.2 Å². The molecule has 0 bridgehead atoms. The van der Waals surface area contributed by atoms with Crippen LogP contribution >= 0.6 is 0 Å². The third-order valence-corrected chi connectivity index (χ3v) is 3.48. The molecule has 0 radical (unpaired) electrons. The largest absolute Gasteiger partial charge is 0.492 e. The van der Waals surface area contributed by atoms with Gasteiger partial charge in [-0.3, -0.25) is 0 Å². The highest BCUT2D eigenvalue weighted by Gasteiger charge is 2.13. The van der Waals surface area contributed by atoms with Crippen molar-refractivity contribution < 1.29 is 19.0 Å². The van der Waals surface area contributed by atoms with Crippen molar-refractivity contribution in [2.24, 2.45) is 0 Å². The van der Waals surface area contributed by atoms with E-state index in [1.54, 1.807) is 12.1 Å². The van der Waals surface area contributed by atoms with E-state index in [0.29, 0.717) is 30.4 Å². The Labute approximate surface area is 140 Å². The quantitative estimate of drug-likeness (QED) is 0.827. The molecule has 0 aromatic heterocycles. The van der Waals surface area contributed by atoms with Gasteiger partial charge in [-0.25, -0.2) is 4.79 Å². The van der Waals surface area contributed by atoms with Crippen LogP contribution in [0.3, 0.4) is 0 Å². The fourth-order valence-electron chi connectivity index (χ4n) is 2.52. The van der Waals surface area contributed by atoms with Gasteiger partial charge in [-0.05, 0) is 49.2 Å². The Balaban J connectivity index is 1.42. The van der Waals surface area contributed by atoms with E-state index in [-0.39, 0.29) is 12.8 Å². The Morgan fingerprint density at radius 1 is 1.08 bits per heavy atom. The molecule has 24 heavy (non-hydrogen) atoms. The number of amides is 2. The van der Waals surface area contributed by atoms with Gasteiger partial charge < -0.3 is 24.8 Å². The number of ether oxygens (including phenoxy) is 3. The minimum Gasteiger partial charge on any atom is -0.492 e. The topological polar surface area (TPSA) is 68.8 Å². The predicted octanol–water partition coefficient (Wildman–Crippen LogP) is 3.23. The molecule has 126 valence electrons. The fourth-order valence-corrected chi connectivity index (χ4v) is 2.52. The van der Waals surface area contributed by atoms with Gasteiger partial charge in [0, 0.05) is 11.8 Å². The van der Waals surface area contributed by atoms with Gasteiger partial charge >= 0.3 is 6.03 Å². The van der Waals surface area contributed by atoms with Gasteiger partial charge in [0.25, 0.3) is 0 Å². The van der Waals surface area contributed by atoms with E-state index in [1.165, 1.54) is 0 Å². The van der Waals surface area contributed by atoms with Crippen LogP contribution in [0.4, 0.5) is 10.5 Å². The molecule has 2 N–H and O–H groups in total. The van der Waals surface area contributed by atoms with Crippen LogP contribution in [-0.4, -0.2) is 26.0 Å². The molecule has 1 aliphatic rings. The first-order valence-corrected chi connectivity index (χ1v) is 7.76. The van der Waals surface area contributed by atoms with Gasteiger partial charge in [-0.1, -0.05) is 6.07 Å². The summed E-state index contributed by atoms with van der Waals surface area (Å²) in [5, 5.41) is 5.58. The summed E-state index contributed by atoms with van der Waals surface area (Å²) >= 11 is 0. The van der Waals surface area contributed by atoms with Crippen molar-refractivity contribution >= 4 is 11.7 Å². The first-order valence-electron chi connectivity index (χ1n) is 7.76. The van der Waals surface area contributed by atoms with Gasteiger partial charge in [0.2, 0.25) is 6.79 Å². The smallest absolute Gasteiger partial charge is 0.319 e. The highest BCUT2D eigenvalue weighted by Crippen LogP contribution is 2.34. The summed E-state index contributed by atoms with van der Waals surface area (Å²) in [7, 11) is 0. The number of rotatable bonds is 5. The average Bonchev–Trinajstić information content (AvgIpc) is 2.98. The number of carbonyl (C=O) groups is 1. The van der Waals surface area contributed by atoms with Crippen molar-refractivity contribution in [3.8, 4) is 17.2 Å². The van der Waals surface area contributed by atoms with Crippen molar-refractivity contribution in [2.45, 2.75) is 13.8 Å². The standard InChI is InChI=1S/C18H20N2O4/c1-12-7-13(2)9-14(8-12)20-18(21)19-5-6-22-15-3-4-16-17(10-15)24-11-23-16/h3-4,7-10H,5-6,11H2,1-2H3,(H2,19,20,21). The Bertz CT molecular complexity index is 726. The molecule has 6 heteroatoms. The number of hydrogen-bond donors (Lipinski definition) is 2. The molecular formula is C18H20N2O4. The molecule has 0 atom stereocenters. The maximum absolute atomic E-state index is 11.9. The normalized spacial score (nSPS) is 11.9. The SMILES string of the molecule is Cc1cc(C)cc(NC(=O)NCCOc2ccc3c(c2)OCO3)c1. The van der Waals surface area contributed by atoms with Crippen molar-refractivity contribution in [1.29, 1.82) is 0 Å². The second-order valence-corrected chi connectivity index (χ2v) is 5.62. The Kier molecular flexibility index (Phi) is 4.74. The van der Waals surface area contributed by atoms with Crippen molar-refractivity contribution in [3.05, 3.63) is 47.5 Å². The van der Waals surface area contributed by atoms with Crippen LogP contribution in [0.2, 0.25) is 0 Å². The fraction of sp³-hybridized carbons (Fsp3) is 0.278. The number of carbonyl (C=O) groups excluding carboxylic acids is 1. The summed E-state index contributed by atoms with van der Waals surface area (Å²) in [4.78, 5) is 11.9. The van der Waals surface area contributed by atoms with E-state index in [9.17, 15) is 4.79 Å². The summed E-state index contributed by atoms with van der Waals surface area (Å²) in [6, 6.07) is 11.0. The first-order chi connectivity index (χ1) is 11.6. The highest BCUT2D eigenvalue weighted by molar-refractivity contribution is 5.89. The molecule has 2 aromatic rings. The first kappa shape index (κ1) is 16.0. The lowest BCUT2D eigenvalue weighted by molar-refractivity contribution is 0.173. The van der Waals surface area contributed by atoms with Crippen LogP contribution in [0.15, 0.2) is 36.4 Å². The Morgan fingerprint density at radius 3 is 2.62 bits per heavy atom. The highest BCUT2D eigenvalue weighted by atomic mass is 16.7. The van der Waals surface area contributed by atoms with Crippen LogP contribution in [0, 0.1) is 13.8 Å². The summed E-state index contributed by atoms with van der Waals surface area (Å²) < 4.78 is 16.1. The van der Waals surface area contributed by atoms with Gasteiger partial charge in [0.05, 0.1) is 6.54 Å². The minimum absolute atomic E-state index is 0.235. The van der Waals surface area contributed by atoms with E-state index >= 15 is 0 Å². The van der Waals surface area contributed by atoms with Gasteiger partial charge in [-0.15, -0.1) is 0 Å². The number of hydrogen-bond acceptors (Lipinski definition) is 4. The van der Waals surface area contributed by atoms with Gasteiger partial charge in [0.1, 0.15) is 12.4 Å². The summed E-state index contributed by atoms with van der Waals surface area (Å²) in [6.45, 7) is 4.98. The molecule has 3 rings (SSSR count). The minimum atomic E-state index is -0.255. The number of anilines is 1. The Hall–Kier alpha value is -2.89. The molecule has 2 aromatic carbocycles. The van der Waals surface area contributed by atoms with E-state index in [1.807, 2.05) is 32.0 Å². The van der Waals surface area contributed by atoms with Crippen LogP contribution in [0.5, 0.6) is 17.2 Å². The van der Waals surface area contributed by atoms with E-state index < -0.39 is 0 Å². The van der Waals surface area contributed by atoms with Gasteiger partial charge in [-0.2, -0.15) is 0 Å². The van der Waals surface area contributed by atoms with Crippen molar-refractivity contribution in [1.82, 2.24) is 5.32 Å². The zero-order valence-corrected chi connectivity index (χ0v) is 13.7. The zero-order chi connectivity index (χ0) is 16.9. The van der Waals surface area contributed by atoms with Gasteiger partial charge in [0.15, 0.2) is 11.5 Å². The van der Waals surface area contributed by atoms with E-state index in [2.05, 4.69) is 16.7 Å². The third-order valence-electron chi connectivity index (χ3n) is 3.48. The molecule has 6 nitrogen and oxygen atoms in total. The molecule has 0 saturated carbocycles. The lowest BCUT2D eigenvalue weighted by atomic mass is 10.1. The predicted molar refractivity (Wildman–Crippen MR) is 91.0 cm³/mol. The molecule has 0 saturated heterocycles. The summed E-state index contributed by atoms with van der Waals surface area (Å²) in [6.07, 6.45) is 0. The van der Waals surface area contributed by atoms with Crippen molar-refractivity contribution in [2.75, 3.05) is 25.3 Å². The summed E-state index contributed by atoms with van der Waals surface area (Å²) in [5.74, 6) is 2.07. The second kappa shape index (κ2) is 7.12. The molecule has 1 heterocycles. The van der Waals surface area contributed by atoms with Crippen molar-refractivity contribution in [3.63, 3.8) is 0 Å². The van der Waals surface area contributed by atoms with Crippen LogP contribution in [0.25, 0.3) is 0 Å². The summed E-state index contributed by atoms with van der Waals surface area (Å²) in [5.41, 5.74) is 2.99. The molecular weight excluding hydrogens is 308 g/mol. The van der Waals surface area contributed by atoms with Crippen LogP contribution < -0.4 is 24.8 Å². The maximum atomic E-state index is 11.9. The monoisotopic (exact) mass is 328 g/mol. The number of benzene rings is 2. The number of aryl methyl sites for hydroxylation is 2. The maximum Gasteiger partial charge on any atom is 0.319 e. The van der Waals surface area contributed by atoms with Crippen LogP contribution in [0.1, 0.15) is 11.1 Å². The molecule has 0 unspecified atom stereocenters. The third kappa shape index (κ3) is 4.10. The molecule has 1 aliphatic heterocycles. The molecule has 0 aliphatic carbocycles. The molecule has 2 amide bonds. The average molecular weight is 328 g/mol. The lowest BCUT2D eigenvalue weighted by Crippen LogP contribution is -2.32. The second-order valence-electron chi connectivity index (χ2n) is 5.62. The molecule has 0 spiro atoms. The van der Waals surface area contributed by atoms with E-state index in [0.717, 1.165) is 16.8 Å². The molecule has 0 fully saturated rings.